The maximum absolute atomic E-state index is 6.04. The zero-order chi connectivity index (χ0) is 9.42. The van der Waals surface area contributed by atoms with Gasteiger partial charge in [0.15, 0.2) is 0 Å². The Kier molecular flexibility index (Phi) is 2.95. The summed E-state index contributed by atoms with van der Waals surface area (Å²) in [6, 6.07) is 4.55. The Morgan fingerprint density at radius 2 is 2.23 bits per heavy atom. The van der Waals surface area contributed by atoms with Gasteiger partial charge in [-0.2, -0.15) is 0 Å². The molecule has 0 aromatic heterocycles. The molecule has 0 unspecified atom stereocenters. The first kappa shape index (κ1) is 9.93. The number of rotatable bonds is 0. The van der Waals surface area contributed by atoms with Crippen LogP contribution in [0.3, 0.4) is 0 Å². The van der Waals surface area contributed by atoms with E-state index in [9.17, 15) is 0 Å². The third-order valence-corrected chi connectivity index (χ3v) is 5.12. The van der Waals surface area contributed by atoms with Crippen LogP contribution in [0.15, 0.2) is 16.6 Å². The van der Waals surface area contributed by atoms with Crippen molar-refractivity contribution in [3.8, 4) is 0 Å². The van der Waals surface area contributed by atoms with Crippen LogP contribution in [-0.2, 0) is 6.42 Å². The van der Waals surface area contributed by atoms with Crippen LogP contribution in [-0.4, -0.2) is 0 Å². The van der Waals surface area contributed by atoms with Gasteiger partial charge in [0.05, 0.1) is 0 Å². The Labute approximate surface area is 100 Å². The summed E-state index contributed by atoms with van der Waals surface area (Å²) in [5.41, 5.74) is 8.80. The summed E-state index contributed by atoms with van der Waals surface area (Å²) in [4.78, 5) is 0. The van der Waals surface area contributed by atoms with Gasteiger partial charge in [-0.15, -0.1) is 0 Å². The van der Waals surface area contributed by atoms with E-state index in [1.165, 1.54) is 32.0 Å². The van der Waals surface area contributed by atoms with E-state index in [1.807, 2.05) is 0 Å². The lowest BCUT2D eigenvalue weighted by molar-refractivity contribution is 0.568. The molecule has 0 amide bonds. The minimum absolute atomic E-state index is 0.247. The van der Waals surface area contributed by atoms with Crippen LogP contribution in [0.25, 0.3) is 0 Å². The Hall–Kier alpha value is 0.390. The van der Waals surface area contributed by atoms with E-state index in [1.54, 1.807) is 0 Å². The van der Waals surface area contributed by atoms with Gasteiger partial charge in [-0.25, -0.2) is 0 Å². The Morgan fingerprint density at radius 1 is 1.46 bits per heavy atom. The summed E-state index contributed by atoms with van der Waals surface area (Å²) >= 11 is 5.98. The first-order valence-corrected chi connectivity index (χ1v) is 6.29. The van der Waals surface area contributed by atoms with Crippen molar-refractivity contribution in [2.75, 3.05) is 0 Å². The lowest BCUT2D eigenvalue weighted by Gasteiger charge is -2.23. The number of fused-ring (bicyclic) bond motifs is 1. The molecule has 1 aliphatic carbocycles. The fourth-order valence-electron chi connectivity index (χ4n) is 1.86. The number of nitrogens with two attached hydrogens (primary N) is 1. The lowest BCUT2D eigenvalue weighted by Crippen LogP contribution is -2.17. The predicted octanol–water partition coefficient (Wildman–Crippen LogP) is 3.39. The van der Waals surface area contributed by atoms with Crippen molar-refractivity contribution in [3.63, 3.8) is 0 Å². The van der Waals surface area contributed by atoms with Gasteiger partial charge < -0.3 is 5.73 Å². The largest absolute Gasteiger partial charge is 0.324 e. The molecule has 0 fully saturated rings. The zero-order valence-corrected chi connectivity index (χ0v) is 10.9. The van der Waals surface area contributed by atoms with Gasteiger partial charge in [-0.05, 0) is 75.0 Å². The molecule has 13 heavy (non-hydrogen) atoms. The third kappa shape index (κ3) is 1.78. The minimum Gasteiger partial charge on any atom is -0.324 e. The molecule has 0 spiro atoms. The van der Waals surface area contributed by atoms with Crippen molar-refractivity contribution in [2.24, 2.45) is 5.73 Å². The van der Waals surface area contributed by atoms with Gasteiger partial charge in [0.2, 0.25) is 0 Å². The van der Waals surface area contributed by atoms with Gasteiger partial charge in [0.1, 0.15) is 0 Å². The predicted molar refractivity (Wildman–Crippen MR) is 66.7 cm³/mol. The van der Waals surface area contributed by atoms with Gasteiger partial charge in [0, 0.05) is 14.1 Å². The summed E-state index contributed by atoms with van der Waals surface area (Å²) in [5, 5.41) is 0. The molecule has 3 heteroatoms. The van der Waals surface area contributed by atoms with E-state index in [0.29, 0.717) is 0 Å². The Bertz CT molecular complexity index is 338. The highest BCUT2D eigenvalue weighted by Gasteiger charge is 2.19. The smallest absolute Gasteiger partial charge is 0.0344 e. The molecule has 0 saturated heterocycles. The fraction of sp³-hybridized carbons (Fsp3) is 0.400. The monoisotopic (exact) mass is 351 g/mol. The minimum atomic E-state index is 0.247. The van der Waals surface area contributed by atoms with Crippen LogP contribution in [0.2, 0.25) is 0 Å². The van der Waals surface area contributed by atoms with Crippen molar-refractivity contribution >= 4 is 38.5 Å². The summed E-state index contributed by atoms with van der Waals surface area (Å²) in [6.07, 6.45) is 3.51. The highest BCUT2D eigenvalue weighted by Crippen LogP contribution is 2.35. The third-order valence-electron chi connectivity index (χ3n) is 2.57. The van der Waals surface area contributed by atoms with Gasteiger partial charge >= 0.3 is 0 Å². The van der Waals surface area contributed by atoms with Crippen LogP contribution < -0.4 is 5.73 Å². The van der Waals surface area contributed by atoms with E-state index in [0.717, 1.165) is 6.42 Å². The average Bonchev–Trinajstić information content (AvgIpc) is 2.12. The van der Waals surface area contributed by atoms with Crippen LogP contribution >= 0.6 is 38.5 Å². The van der Waals surface area contributed by atoms with E-state index in [4.69, 9.17) is 5.73 Å². The fourth-order valence-corrected chi connectivity index (χ4v) is 2.93. The summed E-state index contributed by atoms with van der Waals surface area (Å²) < 4.78 is 2.53. The molecule has 1 atom stereocenters. The van der Waals surface area contributed by atoms with Gasteiger partial charge in [0.25, 0.3) is 0 Å². The molecule has 1 nitrogen and oxygen atoms in total. The van der Waals surface area contributed by atoms with Crippen molar-refractivity contribution in [1.82, 2.24) is 0 Å². The van der Waals surface area contributed by atoms with Crippen LogP contribution in [0, 0.1) is 3.57 Å². The van der Waals surface area contributed by atoms with E-state index in [-0.39, 0.29) is 6.04 Å². The molecule has 0 heterocycles. The highest BCUT2D eigenvalue weighted by molar-refractivity contribution is 14.1. The maximum atomic E-state index is 6.04. The molecule has 0 aliphatic heterocycles. The van der Waals surface area contributed by atoms with E-state index >= 15 is 0 Å². The van der Waals surface area contributed by atoms with Gasteiger partial charge in [-0.1, -0.05) is 6.07 Å². The number of hydrogen-bond acceptors (Lipinski definition) is 1. The second kappa shape index (κ2) is 3.87. The SMILES string of the molecule is N[C@H]1CCCc2c1ccc(I)c2Br. The van der Waals surface area contributed by atoms with Crippen molar-refractivity contribution in [1.29, 1.82) is 0 Å². The van der Waals surface area contributed by atoms with Crippen LogP contribution in [0.5, 0.6) is 0 Å². The first-order chi connectivity index (χ1) is 6.20. The second-order valence-electron chi connectivity index (χ2n) is 3.43. The molecule has 2 rings (SSSR count). The average molecular weight is 352 g/mol. The van der Waals surface area contributed by atoms with E-state index in [2.05, 4.69) is 50.7 Å². The summed E-state index contributed by atoms with van der Waals surface area (Å²) in [6.45, 7) is 0. The number of hydrogen-bond donors (Lipinski definition) is 1. The summed E-state index contributed by atoms with van der Waals surface area (Å²) in [5.74, 6) is 0. The van der Waals surface area contributed by atoms with Crippen LogP contribution in [0.1, 0.15) is 30.0 Å². The van der Waals surface area contributed by atoms with E-state index < -0.39 is 0 Å². The van der Waals surface area contributed by atoms with Crippen LogP contribution in [0.4, 0.5) is 0 Å². The van der Waals surface area contributed by atoms with Crippen molar-refractivity contribution < 1.29 is 0 Å². The Morgan fingerprint density at radius 3 is 3.00 bits per heavy atom. The Balaban J connectivity index is 2.56. The lowest BCUT2D eigenvalue weighted by atomic mass is 9.88. The zero-order valence-electron chi connectivity index (χ0n) is 7.19. The van der Waals surface area contributed by atoms with Gasteiger partial charge in [-0.3, -0.25) is 0 Å². The molecule has 0 saturated carbocycles. The van der Waals surface area contributed by atoms with Crippen molar-refractivity contribution in [3.05, 3.63) is 31.3 Å². The second-order valence-corrected chi connectivity index (χ2v) is 5.38. The number of benzene rings is 1. The summed E-state index contributed by atoms with van der Waals surface area (Å²) in [7, 11) is 0. The molecule has 1 aliphatic rings. The number of halogens is 2. The molecule has 2 N–H and O–H groups in total. The molecule has 1 aromatic rings. The molecular formula is C10H11BrIN. The quantitative estimate of drug-likeness (QED) is 0.712. The van der Waals surface area contributed by atoms with Crippen molar-refractivity contribution in [2.45, 2.75) is 25.3 Å². The first-order valence-electron chi connectivity index (χ1n) is 4.42. The molecule has 70 valence electrons. The standard InChI is InChI=1S/C10H11BrIN/c11-10-7-2-1-3-9(13)6(7)4-5-8(10)12/h4-5,9H,1-3,13H2/t9-/m0/s1. The molecule has 0 radical (unpaired) electrons. The highest BCUT2D eigenvalue weighted by atomic mass is 127. The molecule has 0 bridgehead atoms. The topological polar surface area (TPSA) is 26.0 Å². The molecular weight excluding hydrogens is 341 g/mol. The molecule has 1 aromatic carbocycles. The normalized spacial score (nSPS) is 21.3. The maximum Gasteiger partial charge on any atom is 0.0344 e.